The second-order valence-corrected chi connectivity index (χ2v) is 3.31. The Hall–Kier alpha value is -1.75. The van der Waals surface area contributed by atoms with Gasteiger partial charge in [0.25, 0.3) is 0 Å². The van der Waals surface area contributed by atoms with E-state index in [4.69, 9.17) is 0 Å². The molecule has 0 aliphatic carbocycles. The lowest BCUT2D eigenvalue weighted by Gasteiger charge is -2.10. The lowest BCUT2D eigenvalue weighted by Crippen LogP contribution is -2.09. The first-order valence-electron chi connectivity index (χ1n) is 4.64. The van der Waals surface area contributed by atoms with Crippen LogP contribution in [0.25, 0.3) is 0 Å². The highest BCUT2D eigenvalue weighted by molar-refractivity contribution is 5.18. The van der Waals surface area contributed by atoms with Gasteiger partial charge in [0, 0.05) is 19.4 Å². The van der Waals surface area contributed by atoms with E-state index in [0.717, 1.165) is 0 Å². The number of aliphatic hydroxyl groups is 1. The molecule has 0 aliphatic heterocycles. The number of aromatic nitrogens is 4. The van der Waals surface area contributed by atoms with Crippen LogP contribution >= 0.6 is 0 Å². The molecule has 5 heteroatoms. The Kier molecular flexibility index (Phi) is 2.47. The van der Waals surface area contributed by atoms with E-state index >= 15 is 0 Å². The maximum Gasteiger partial charge on any atom is 0.138 e. The standard InChI is InChI=1S/C10H12N4O/c1-7-11-5-3-8(13-7)10(15)9-4-6-12-14(9)2/h3-6,10,15H,1-2H3. The molecule has 2 heterocycles. The van der Waals surface area contributed by atoms with Crippen LogP contribution in [0, 0.1) is 6.92 Å². The Balaban J connectivity index is 2.36. The first-order valence-corrected chi connectivity index (χ1v) is 4.64. The van der Waals surface area contributed by atoms with Gasteiger partial charge < -0.3 is 5.11 Å². The fourth-order valence-electron chi connectivity index (χ4n) is 1.43. The minimum atomic E-state index is -0.751. The van der Waals surface area contributed by atoms with Crippen molar-refractivity contribution in [2.75, 3.05) is 0 Å². The normalized spacial score (nSPS) is 12.7. The predicted molar refractivity (Wildman–Crippen MR) is 54.0 cm³/mol. The van der Waals surface area contributed by atoms with E-state index in [2.05, 4.69) is 15.1 Å². The van der Waals surface area contributed by atoms with Crippen molar-refractivity contribution < 1.29 is 5.11 Å². The molecule has 0 radical (unpaired) electrons. The molecule has 2 rings (SSSR count). The molecule has 0 aliphatic rings. The molecule has 78 valence electrons. The van der Waals surface area contributed by atoms with Gasteiger partial charge in [0.15, 0.2) is 0 Å². The van der Waals surface area contributed by atoms with Crippen LogP contribution in [-0.4, -0.2) is 24.9 Å². The van der Waals surface area contributed by atoms with Crippen molar-refractivity contribution in [3.05, 3.63) is 41.7 Å². The molecule has 0 aromatic carbocycles. The fraction of sp³-hybridized carbons (Fsp3) is 0.300. The summed E-state index contributed by atoms with van der Waals surface area (Å²) in [6.45, 7) is 1.79. The zero-order valence-corrected chi connectivity index (χ0v) is 8.62. The van der Waals surface area contributed by atoms with Crippen LogP contribution in [0.4, 0.5) is 0 Å². The number of rotatable bonds is 2. The molecule has 0 saturated carbocycles. The van der Waals surface area contributed by atoms with Gasteiger partial charge in [-0.1, -0.05) is 0 Å². The van der Waals surface area contributed by atoms with Crippen LogP contribution in [0.1, 0.15) is 23.3 Å². The molecule has 2 aromatic rings. The highest BCUT2D eigenvalue weighted by Crippen LogP contribution is 2.18. The van der Waals surface area contributed by atoms with Gasteiger partial charge in [0.2, 0.25) is 0 Å². The van der Waals surface area contributed by atoms with Crippen molar-refractivity contribution in [1.82, 2.24) is 19.7 Å². The zero-order valence-electron chi connectivity index (χ0n) is 8.62. The molecule has 0 amide bonds. The molecule has 0 fully saturated rings. The second-order valence-electron chi connectivity index (χ2n) is 3.31. The van der Waals surface area contributed by atoms with Crippen molar-refractivity contribution in [2.45, 2.75) is 13.0 Å². The van der Waals surface area contributed by atoms with Crippen molar-refractivity contribution >= 4 is 0 Å². The summed E-state index contributed by atoms with van der Waals surface area (Å²) in [4.78, 5) is 8.15. The van der Waals surface area contributed by atoms with E-state index in [-0.39, 0.29) is 0 Å². The van der Waals surface area contributed by atoms with Gasteiger partial charge >= 0.3 is 0 Å². The van der Waals surface area contributed by atoms with E-state index in [1.165, 1.54) is 0 Å². The van der Waals surface area contributed by atoms with Crippen LogP contribution in [-0.2, 0) is 7.05 Å². The zero-order chi connectivity index (χ0) is 10.8. The van der Waals surface area contributed by atoms with E-state index in [0.29, 0.717) is 17.2 Å². The highest BCUT2D eigenvalue weighted by atomic mass is 16.3. The van der Waals surface area contributed by atoms with Gasteiger partial charge in [-0.15, -0.1) is 0 Å². The average molecular weight is 204 g/mol. The Labute approximate surface area is 87.4 Å². The lowest BCUT2D eigenvalue weighted by molar-refractivity contribution is 0.204. The van der Waals surface area contributed by atoms with Crippen LogP contribution < -0.4 is 0 Å². The predicted octanol–water partition coefficient (Wildman–Crippen LogP) is 0.600. The van der Waals surface area contributed by atoms with E-state index in [9.17, 15) is 5.11 Å². The molecular weight excluding hydrogens is 192 g/mol. The molecule has 1 atom stereocenters. The molecule has 1 unspecified atom stereocenters. The third-order valence-electron chi connectivity index (χ3n) is 2.22. The molecule has 0 bridgehead atoms. The van der Waals surface area contributed by atoms with Crippen molar-refractivity contribution in [3.63, 3.8) is 0 Å². The van der Waals surface area contributed by atoms with E-state index in [1.807, 2.05) is 0 Å². The van der Waals surface area contributed by atoms with Gasteiger partial charge in [0.05, 0.1) is 11.4 Å². The molecule has 0 spiro atoms. The molecule has 5 nitrogen and oxygen atoms in total. The largest absolute Gasteiger partial charge is 0.380 e. The van der Waals surface area contributed by atoms with Crippen LogP contribution in [0.15, 0.2) is 24.5 Å². The highest BCUT2D eigenvalue weighted by Gasteiger charge is 2.15. The van der Waals surface area contributed by atoms with Crippen LogP contribution in [0.3, 0.4) is 0 Å². The summed E-state index contributed by atoms with van der Waals surface area (Å²) in [5.74, 6) is 0.647. The first kappa shape index (κ1) is 9.79. The van der Waals surface area contributed by atoms with Gasteiger partial charge in [-0.2, -0.15) is 5.10 Å². The summed E-state index contributed by atoms with van der Waals surface area (Å²) in [7, 11) is 1.78. The minimum absolute atomic E-state index is 0.589. The maximum atomic E-state index is 10.0. The summed E-state index contributed by atoms with van der Waals surface area (Å²) in [5, 5.41) is 14.0. The van der Waals surface area contributed by atoms with Crippen LogP contribution in [0.5, 0.6) is 0 Å². The first-order chi connectivity index (χ1) is 7.18. The second kappa shape index (κ2) is 3.78. The Bertz CT molecular complexity index is 466. The molecular formula is C10H12N4O. The maximum absolute atomic E-state index is 10.0. The summed E-state index contributed by atoms with van der Waals surface area (Å²) < 4.78 is 1.63. The summed E-state index contributed by atoms with van der Waals surface area (Å²) >= 11 is 0. The topological polar surface area (TPSA) is 63.8 Å². The molecule has 15 heavy (non-hydrogen) atoms. The Morgan fingerprint density at radius 3 is 2.73 bits per heavy atom. The third-order valence-corrected chi connectivity index (χ3v) is 2.22. The van der Waals surface area contributed by atoms with Gasteiger partial charge in [-0.3, -0.25) is 4.68 Å². The Morgan fingerprint density at radius 2 is 2.13 bits per heavy atom. The molecule has 0 saturated heterocycles. The summed E-state index contributed by atoms with van der Waals surface area (Å²) in [6, 6.07) is 3.47. The number of nitrogens with zero attached hydrogens (tertiary/aromatic N) is 4. The summed E-state index contributed by atoms with van der Waals surface area (Å²) in [6.07, 6.45) is 2.53. The smallest absolute Gasteiger partial charge is 0.138 e. The van der Waals surface area contributed by atoms with Crippen molar-refractivity contribution in [2.24, 2.45) is 7.05 Å². The van der Waals surface area contributed by atoms with Gasteiger partial charge in [0.1, 0.15) is 11.9 Å². The average Bonchev–Trinajstić information content (AvgIpc) is 2.63. The molecule has 2 aromatic heterocycles. The van der Waals surface area contributed by atoms with E-state index in [1.54, 1.807) is 43.2 Å². The fourth-order valence-corrected chi connectivity index (χ4v) is 1.43. The van der Waals surface area contributed by atoms with Gasteiger partial charge in [-0.25, -0.2) is 9.97 Å². The van der Waals surface area contributed by atoms with Crippen molar-refractivity contribution in [1.29, 1.82) is 0 Å². The molecule has 1 N–H and O–H groups in total. The van der Waals surface area contributed by atoms with Crippen LogP contribution in [0.2, 0.25) is 0 Å². The lowest BCUT2D eigenvalue weighted by atomic mass is 10.2. The SMILES string of the molecule is Cc1nccc(C(O)c2ccnn2C)n1. The number of hydrogen-bond donors (Lipinski definition) is 1. The quantitative estimate of drug-likeness (QED) is 0.778. The minimum Gasteiger partial charge on any atom is -0.380 e. The Morgan fingerprint density at radius 1 is 1.33 bits per heavy atom. The van der Waals surface area contributed by atoms with E-state index < -0.39 is 6.10 Å². The monoisotopic (exact) mass is 204 g/mol. The summed E-state index contributed by atoms with van der Waals surface area (Å²) in [5.41, 5.74) is 1.30. The number of aliphatic hydroxyl groups excluding tert-OH is 1. The van der Waals surface area contributed by atoms with Gasteiger partial charge in [-0.05, 0) is 19.1 Å². The van der Waals surface area contributed by atoms with Crippen molar-refractivity contribution in [3.8, 4) is 0 Å². The number of aryl methyl sites for hydroxylation is 2. The number of hydrogen-bond acceptors (Lipinski definition) is 4. The third kappa shape index (κ3) is 1.87.